The van der Waals surface area contributed by atoms with Crippen molar-refractivity contribution in [3.05, 3.63) is 35.6 Å². The molecule has 1 unspecified atom stereocenters. The Kier molecular flexibility index (Phi) is 6.26. The Bertz CT molecular complexity index is 570. The van der Waals surface area contributed by atoms with E-state index in [0.717, 1.165) is 45.4 Å². The molecule has 2 saturated heterocycles. The van der Waals surface area contributed by atoms with Crippen LogP contribution < -0.4 is 5.32 Å². The SMILES string of the molecule is CN1CCC(N(Cc2ccccc2F)C(=O)NCC2CCCO2)CC1. The van der Waals surface area contributed by atoms with Crippen molar-refractivity contribution in [2.75, 3.05) is 33.3 Å². The molecule has 138 valence electrons. The van der Waals surface area contributed by atoms with Crippen LogP contribution in [0.15, 0.2) is 24.3 Å². The van der Waals surface area contributed by atoms with Gasteiger partial charge in [0.15, 0.2) is 0 Å². The van der Waals surface area contributed by atoms with Crippen molar-refractivity contribution in [1.29, 1.82) is 0 Å². The number of halogens is 1. The monoisotopic (exact) mass is 349 g/mol. The van der Waals surface area contributed by atoms with Crippen molar-refractivity contribution in [2.24, 2.45) is 0 Å². The molecule has 0 aromatic heterocycles. The molecular formula is C19H28FN3O2. The van der Waals surface area contributed by atoms with Gasteiger partial charge in [-0.3, -0.25) is 0 Å². The van der Waals surface area contributed by atoms with Crippen LogP contribution in [-0.2, 0) is 11.3 Å². The Hall–Kier alpha value is -1.66. The van der Waals surface area contributed by atoms with E-state index in [9.17, 15) is 9.18 Å². The first-order valence-electron chi connectivity index (χ1n) is 9.21. The number of likely N-dealkylation sites (tertiary alicyclic amines) is 1. The van der Waals surface area contributed by atoms with E-state index in [4.69, 9.17) is 4.74 Å². The van der Waals surface area contributed by atoms with E-state index in [0.29, 0.717) is 18.7 Å². The van der Waals surface area contributed by atoms with Crippen molar-refractivity contribution in [1.82, 2.24) is 15.1 Å². The highest BCUT2D eigenvalue weighted by Gasteiger charge is 2.28. The van der Waals surface area contributed by atoms with E-state index in [1.54, 1.807) is 17.0 Å². The molecule has 0 saturated carbocycles. The van der Waals surface area contributed by atoms with E-state index in [1.165, 1.54) is 6.07 Å². The topological polar surface area (TPSA) is 44.8 Å². The van der Waals surface area contributed by atoms with Crippen LogP contribution in [0.3, 0.4) is 0 Å². The van der Waals surface area contributed by atoms with E-state index in [-0.39, 0.29) is 24.0 Å². The Morgan fingerprint density at radius 2 is 2.08 bits per heavy atom. The molecule has 2 amide bonds. The number of benzene rings is 1. The van der Waals surface area contributed by atoms with E-state index in [1.807, 2.05) is 6.07 Å². The minimum absolute atomic E-state index is 0.108. The Morgan fingerprint density at radius 3 is 2.76 bits per heavy atom. The molecule has 0 radical (unpaired) electrons. The molecule has 1 aromatic rings. The lowest BCUT2D eigenvalue weighted by atomic mass is 10.0. The Morgan fingerprint density at radius 1 is 1.32 bits per heavy atom. The van der Waals surface area contributed by atoms with E-state index < -0.39 is 0 Å². The Labute approximate surface area is 149 Å². The number of ether oxygens (including phenoxy) is 1. The molecule has 1 atom stereocenters. The highest BCUT2D eigenvalue weighted by Crippen LogP contribution is 2.20. The maximum absolute atomic E-state index is 14.1. The molecule has 2 aliphatic rings. The number of piperidine rings is 1. The van der Waals surface area contributed by atoms with Crippen LogP contribution in [0.25, 0.3) is 0 Å². The average molecular weight is 349 g/mol. The smallest absolute Gasteiger partial charge is 0.318 e. The first kappa shape index (κ1) is 18.1. The van der Waals surface area contributed by atoms with Crippen LogP contribution >= 0.6 is 0 Å². The summed E-state index contributed by atoms with van der Waals surface area (Å²) in [5.41, 5.74) is 0.564. The van der Waals surface area contributed by atoms with Gasteiger partial charge in [-0.25, -0.2) is 9.18 Å². The van der Waals surface area contributed by atoms with Crippen LogP contribution in [0.4, 0.5) is 9.18 Å². The zero-order chi connectivity index (χ0) is 17.6. The number of urea groups is 1. The molecule has 6 heteroatoms. The second-order valence-corrected chi connectivity index (χ2v) is 7.07. The fourth-order valence-electron chi connectivity index (χ4n) is 3.59. The molecule has 5 nitrogen and oxygen atoms in total. The molecule has 3 rings (SSSR count). The number of hydrogen-bond acceptors (Lipinski definition) is 3. The summed E-state index contributed by atoms with van der Waals surface area (Å²) in [5.74, 6) is -0.257. The third-order valence-corrected chi connectivity index (χ3v) is 5.19. The maximum atomic E-state index is 14.1. The molecule has 1 N–H and O–H groups in total. The number of carbonyl (C=O) groups is 1. The second-order valence-electron chi connectivity index (χ2n) is 7.07. The minimum Gasteiger partial charge on any atom is -0.376 e. The summed E-state index contributed by atoms with van der Waals surface area (Å²) in [7, 11) is 2.09. The third kappa shape index (κ3) is 4.92. The van der Waals surface area contributed by atoms with Gasteiger partial charge in [0.25, 0.3) is 0 Å². The normalized spacial score (nSPS) is 22.1. The zero-order valence-electron chi connectivity index (χ0n) is 14.9. The van der Waals surface area contributed by atoms with Gasteiger partial charge in [0.05, 0.1) is 12.6 Å². The summed E-state index contributed by atoms with van der Waals surface area (Å²) in [6, 6.07) is 6.72. The lowest BCUT2D eigenvalue weighted by Crippen LogP contribution is -2.50. The predicted molar refractivity (Wildman–Crippen MR) is 94.8 cm³/mol. The van der Waals surface area contributed by atoms with Crippen molar-refractivity contribution in [2.45, 2.75) is 44.4 Å². The number of amides is 2. The van der Waals surface area contributed by atoms with Crippen LogP contribution in [0.1, 0.15) is 31.2 Å². The number of nitrogens with zero attached hydrogens (tertiary/aromatic N) is 2. The quantitative estimate of drug-likeness (QED) is 0.889. The number of nitrogens with one attached hydrogen (secondary N) is 1. The third-order valence-electron chi connectivity index (χ3n) is 5.19. The van der Waals surface area contributed by atoms with Crippen LogP contribution in [-0.4, -0.2) is 61.3 Å². The lowest BCUT2D eigenvalue weighted by molar-refractivity contribution is 0.101. The fourth-order valence-corrected chi connectivity index (χ4v) is 3.59. The molecule has 2 aliphatic heterocycles. The van der Waals surface area contributed by atoms with Gasteiger partial charge in [0.1, 0.15) is 5.82 Å². The van der Waals surface area contributed by atoms with Crippen LogP contribution in [0, 0.1) is 5.82 Å². The molecule has 0 bridgehead atoms. The zero-order valence-corrected chi connectivity index (χ0v) is 14.9. The fraction of sp³-hybridized carbons (Fsp3) is 0.632. The van der Waals surface area contributed by atoms with Gasteiger partial charge in [0, 0.05) is 24.8 Å². The summed E-state index contributed by atoms with van der Waals surface area (Å²) in [6.07, 6.45) is 3.98. The second kappa shape index (κ2) is 8.63. The largest absolute Gasteiger partial charge is 0.376 e. The van der Waals surface area contributed by atoms with Gasteiger partial charge >= 0.3 is 6.03 Å². The first-order valence-corrected chi connectivity index (χ1v) is 9.21. The summed E-state index contributed by atoms with van der Waals surface area (Å²) in [4.78, 5) is 16.9. The van der Waals surface area contributed by atoms with Gasteiger partial charge in [-0.2, -0.15) is 0 Å². The summed E-state index contributed by atoms with van der Waals surface area (Å²) < 4.78 is 19.7. The number of rotatable bonds is 5. The van der Waals surface area contributed by atoms with E-state index in [2.05, 4.69) is 17.3 Å². The highest BCUT2D eigenvalue weighted by molar-refractivity contribution is 5.74. The molecular weight excluding hydrogens is 321 g/mol. The molecule has 0 aliphatic carbocycles. The summed E-state index contributed by atoms with van der Waals surface area (Å²) in [5, 5.41) is 3.00. The summed E-state index contributed by atoms with van der Waals surface area (Å²) >= 11 is 0. The van der Waals surface area contributed by atoms with Gasteiger partial charge in [-0.1, -0.05) is 18.2 Å². The van der Waals surface area contributed by atoms with Gasteiger partial charge in [-0.15, -0.1) is 0 Å². The average Bonchev–Trinajstić information content (AvgIpc) is 3.13. The van der Waals surface area contributed by atoms with Crippen LogP contribution in [0.2, 0.25) is 0 Å². The van der Waals surface area contributed by atoms with Gasteiger partial charge < -0.3 is 19.9 Å². The van der Waals surface area contributed by atoms with Gasteiger partial charge in [0.2, 0.25) is 0 Å². The predicted octanol–water partition coefficient (Wildman–Crippen LogP) is 2.61. The number of hydrogen-bond donors (Lipinski definition) is 1. The lowest BCUT2D eigenvalue weighted by Gasteiger charge is -2.37. The summed E-state index contributed by atoms with van der Waals surface area (Å²) in [6.45, 7) is 3.51. The standard InChI is InChI=1S/C19H28FN3O2/c1-22-10-8-16(9-11-22)23(14-15-5-2-3-7-18(15)20)19(24)21-13-17-6-4-12-25-17/h2-3,5,7,16-17H,4,6,8-14H2,1H3,(H,21,24). The van der Waals surface area contributed by atoms with Crippen LogP contribution in [0.5, 0.6) is 0 Å². The number of carbonyl (C=O) groups excluding carboxylic acids is 1. The first-order chi connectivity index (χ1) is 12.1. The van der Waals surface area contributed by atoms with Crippen molar-refractivity contribution < 1.29 is 13.9 Å². The van der Waals surface area contributed by atoms with E-state index >= 15 is 0 Å². The van der Waals surface area contributed by atoms with Gasteiger partial charge in [-0.05, 0) is 51.9 Å². The molecule has 2 fully saturated rings. The maximum Gasteiger partial charge on any atom is 0.318 e. The van der Waals surface area contributed by atoms with Crippen molar-refractivity contribution in [3.8, 4) is 0 Å². The molecule has 25 heavy (non-hydrogen) atoms. The van der Waals surface area contributed by atoms with Crippen molar-refractivity contribution in [3.63, 3.8) is 0 Å². The molecule has 2 heterocycles. The molecule has 1 aromatic carbocycles. The minimum atomic E-state index is -0.257. The molecule has 0 spiro atoms. The highest BCUT2D eigenvalue weighted by atomic mass is 19.1. The van der Waals surface area contributed by atoms with Crippen molar-refractivity contribution >= 4 is 6.03 Å². The Balaban J connectivity index is 1.66.